The average molecular weight is 292 g/mol. The molecule has 0 atom stereocenters. The smallest absolute Gasteiger partial charge is 0.0331 e. The topological polar surface area (TPSA) is 29.3 Å². The van der Waals surface area contributed by atoms with Crippen molar-refractivity contribution in [1.29, 1.82) is 0 Å². The van der Waals surface area contributed by atoms with Crippen molar-refractivity contribution in [3.05, 3.63) is 22.4 Å². The maximum absolute atomic E-state index is 6.20. The zero-order chi connectivity index (χ0) is 14.0. The zero-order valence-electron chi connectivity index (χ0n) is 12.7. The third kappa shape index (κ3) is 3.44. The minimum atomic E-state index is 0.395. The van der Waals surface area contributed by atoms with Gasteiger partial charge in [-0.15, -0.1) is 11.3 Å². The molecular formula is C17H28N2S. The number of thiophene rings is 1. The first-order valence-corrected chi connectivity index (χ1v) is 9.05. The van der Waals surface area contributed by atoms with Crippen LogP contribution in [0.3, 0.4) is 0 Å². The van der Waals surface area contributed by atoms with E-state index in [1.807, 2.05) is 11.3 Å². The highest BCUT2D eigenvalue weighted by Crippen LogP contribution is 2.41. The van der Waals surface area contributed by atoms with E-state index in [-0.39, 0.29) is 0 Å². The van der Waals surface area contributed by atoms with Gasteiger partial charge in [0.15, 0.2) is 0 Å². The molecular weight excluding hydrogens is 264 g/mol. The second-order valence-corrected chi connectivity index (χ2v) is 8.13. The lowest BCUT2D eigenvalue weighted by molar-refractivity contribution is 0.0866. The zero-order valence-corrected chi connectivity index (χ0v) is 13.5. The highest BCUT2D eigenvalue weighted by Gasteiger charge is 2.38. The first kappa shape index (κ1) is 14.6. The number of nitrogens with two attached hydrogens (primary N) is 1. The van der Waals surface area contributed by atoms with Gasteiger partial charge in [-0.05, 0) is 55.0 Å². The standard InChI is InChI=1S/C17H28N2S/c1-14-6-8-17(12-18,9-7-14)13-19(15-4-5-15)11-16-3-2-10-20-16/h2-3,10,14-15H,4-9,11-13,18H2,1H3. The summed E-state index contributed by atoms with van der Waals surface area (Å²) in [5.41, 5.74) is 6.60. The van der Waals surface area contributed by atoms with Crippen LogP contribution in [0, 0.1) is 11.3 Å². The Hall–Kier alpha value is -0.380. The van der Waals surface area contributed by atoms with E-state index in [2.05, 4.69) is 29.3 Å². The summed E-state index contributed by atoms with van der Waals surface area (Å²) in [4.78, 5) is 4.24. The summed E-state index contributed by atoms with van der Waals surface area (Å²) in [6.45, 7) is 5.62. The molecule has 20 heavy (non-hydrogen) atoms. The van der Waals surface area contributed by atoms with Crippen LogP contribution in [-0.2, 0) is 6.54 Å². The second-order valence-electron chi connectivity index (χ2n) is 7.10. The molecule has 2 fully saturated rings. The van der Waals surface area contributed by atoms with Crippen molar-refractivity contribution in [2.45, 2.75) is 58.0 Å². The predicted octanol–water partition coefficient (Wildman–Crippen LogP) is 3.87. The molecule has 0 saturated heterocycles. The Labute approximate surface area is 127 Å². The molecule has 2 N–H and O–H groups in total. The van der Waals surface area contributed by atoms with Gasteiger partial charge < -0.3 is 5.73 Å². The molecule has 112 valence electrons. The van der Waals surface area contributed by atoms with Crippen molar-refractivity contribution < 1.29 is 0 Å². The molecule has 0 bridgehead atoms. The summed E-state index contributed by atoms with van der Waals surface area (Å²) in [6, 6.07) is 5.28. The lowest BCUT2D eigenvalue weighted by Gasteiger charge is -2.42. The van der Waals surface area contributed by atoms with Crippen molar-refractivity contribution in [2.24, 2.45) is 17.1 Å². The van der Waals surface area contributed by atoms with Crippen LogP contribution in [0.2, 0.25) is 0 Å². The fourth-order valence-corrected chi connectivity index (χ4v) is 4.32. The highest BCUT2D eigenvalue weighted by molar-refractivity contribution is 7.09. The van der Waals surface area contributed by atoms with Crippen LogP contribution in [0.25, 0.3) is 0 Å². The molecule has 0 radical (unpaired) electrons. The van der Waals surface area contributed by atoms with Crippen LogP contribution in [0.1, 0.15) is 50.3 Å². The number of rotatable bonds is 6. The SMILES string of the molecule is CC1CCC(CN)(CN(Cc2cccs2)C2CC2)CC1. The lowest BCUT2D eigenvalue weighted by Crippen LogP contribution is -2.45. The molecule has 0 spiro atoms. The van der Waals surface area contributed by atoms with Crippen LogP contribution in [0.4, 0.5) is 0 Å². The van der Waals surface area contributed by atoms with Gasteiger partial charge in [-0.3, -0.25) is 4.90 Å². The Balaban J connectivity index is 1.65. The number of nitrogens with zero attached hydrogens (tertiary/aromatic N) is 1. The maximum Gasteiger partial charge on any atom is 0.0331 e. The van der Waals surface area contributed by atoms with E-state index in [1.54, 1.807) is 0 Å². The third-order valence-electron chi connectivity index (χ3n) is 5.31. The summed E-state index contributed by atoms with van der Waals surface area (Å²) in [5.74, 6) is 0.904. The summed E-state index contributed by atoms with van der Waals surface area (Å²) in [7, 11) is 0. The molecule has 0 amide bonds. The van der Waals surface area contributed by atoms with Crippen molar-refractivity contribution >= 4 is 11.3 Å². The predicted molar refractivity (Wildman–Crippen MR) is 86.9 cm³/mol. The second kappa shape index (κ2) is 6.17. The van der Waals surface area contributed by atoms with Crippen LogP contribution < -0.4 is 5.73 Å². The fourth-order valence-electron chi connectivity index (χ4n) is 3.59. The Bertz CT molecular complexity index is 403. The molecule has 3 heteroatoms. The summed E-state index contributed by atoms with van der Waals surface area (Å²) < 4.78 is 0. The van der Waals surface area contributed by atoms with E-state index in [9.17, 15) is 0 Å². The quantitative estimate of drug-likeness (QED) is 0.862. The average Bonchev–Trinajstić information content (AvgIpc) is 3.19. The minimum absolute atomic E-state index is 0.395. The maximum atomic E-state index is 6.20. The fraction of sp³-hybridized carbons (Fsp3) is 0.765. The lowest BCUT2D eigenvalue weighted by atomic mass is 9.70. The molecule has 2 saturated carbocycles. The Morgan fingerprint density at radius 3 is 2.60 bits per heavy atom. The largest absolute Gasteiger partial charge is 0.330 e. The summed E-state index contributed by atoms with van der Waals surface area (Å²) >= 11 is 1.89. The Morgan fingerprint density at radius 2 is 2.05 bits per heavy atom. The first-order chi connectivity index (χ1) is 9.71. The summed E-state index contributed by atoms with van der Waals surface area (Å²) in [5, 5.41) is 2.20. The summed E-state index contributed by atoms with van der Waals surface area (Å²) in [6.07, 6.45) is 8.19. The molecule has 1 heterocycles. The number of hydrogen-bond acceptors (Lipinski definition) is 3. The van der Waals surface area contributed by atoms with E-state index in [0.717, 1.165) is 25.0 Å². The van der Waals surface area contributed by atoms with Crippen molar-refractivity contribution in [1.82, 2.24) is 4.90 Å². The normalized spacial score (nSPS) is 30.9. The molecule has 1 aromatic heterocycles. The monoisotopic (exact) mass is 292 g/mol. The van der Waals surface area contributed by atoms with Gasteiger partial charge in [0.25, 0.3) is 0 Å². The van der Waals surface area contributed by atoms with Gasteiger partial charge in [0.05, 0.1) is 0 Å². The van der Waals surface area contributed by atoms with Crippen molar-refractivity contribution in [3.63, 3.8) is 0 Å². The highest BCUT2D eigenvalue weighted by atomic mass is 32.1. The van der Waals surface area contributed by atoms with Crippen LogP contribution in [0.5, 0.6) is 0 Å². The van der Waals surface area contributed by atoms with Crippen molar-refractivity contribution in [3.8, 4) is 0 Å². The molecule has 0 unspecified atom stereocenters. The van der Waals surface area contributed by atoms with Crippen LogP contribution >= 0.6 is 11.3 Å². The molecule has 2 aliphatic carbocycles. The molecule has 2 nitrogen and oxygen atoms in total. The van der Waals surface area contributed by atoms with Crippen molar-refractivity contribution in [2.75, 3.05) is 13.1 Å². The minimum Gasteiger partial charge on any atom is -0.330 e. The van der Waals surface area contributed by atoms with Gasteiger partial charge in [0, 0.05) is 24.0 Å². The van der Waals surface area contributed by atoms with Gasteiger partial charge in [0.2, 0.25) is 0 Å². The number of hydrogen-bond donors (Lipinski definition) is 1. The van der Waals surface area contributed by atoms with E-state index >= 15 is 0 Å². The van der Waals surface area contributed by atoms with E-state index in [1.165, 1.54) is 49.9 Å². The van der Waals surface area contributed by atoms with E-state index < -0.39 is 0 Å². The Morgan fingerprint density at radius 1 is 1.30 bits per heavy atom. The van der Waals surface area contributed by atoms with Gasteiger partial charge >= 0.3 is 0 Å². The molecule has 3 rings (SSSR count). The molecule has 0 aromatic carbocycles. The van der Waals surface area contributed by atoms with E-state index in [0.29, 0.717) is 5.41 Å². The third-order valence-corrected chi connectivity index (χ3v) is 6.17. The van der Waals surface area contributed by atoms with Gasteiger partial charge in [-0.25, -0.2) is 0 Å². The Kier molecular flexibility index (Phi) is 4.49. The molecule has 1 aromatic rings. The molecule has 2 aliphatic rings. The van der Waals surface area contributed by atoms with Gasteiger partial charge in [0.1, 0.15) is 0 Å². The van der Waals surface area contributed by atoms with Gasteiger partial charge in [-0.2, -0.15) is 0 Å². The van der Waals surface area contributed by atoms with E-state index in [4.69, 9.17) is 5.73 Å². The van der Waals surface area contributed by atoms with Crippen LogP contribution in [-0.4, -0.2) is 24.0 Å². The first-order valence-electron chi connectivity index (χ1n) is 8.17. The molecule has 0 aliphatic heterocycles. The van der Waals surface area contributed by atoms with Crippen LogP contribution in [0.15, 0.2) is 17.5 Å². The van der Waals surface area contributed by atoms with Gasteiger partial charge in [-0.1, -0.05) is 25.8 Å².